The molecule has 1 N–H and O–H groups in total. The van der Waals surface area contributed by atoms with Gasteiger partial charge < -0.3 is 10.2 Å². The average molecular weight is 212 g/mol. The molecule has 0 aliphatic rings. The van der Waals surface area contributed by atoms with E-state index in [0.29, 0.717) is 0 Å². The molecule has 0 aromatic heterocycles. The van der Waals surface area contributed by atoms with E-state index in [1.54, 1.807) is 0 Å². The van der Waals surface area contributed by atoms with Crippen LogP contribution >= 0.6 is 0 Å². The zero-order chi connectivity index (χ0) is 11.5. The molecule has 15 heavy (non-hydrogen) atoms. The molecule has 90 valence electrons. The quantitative estimate of drug-likeness (QED) is 0.467. The fourth-order valence-corrected chi connectivity index (χ4v) is 1.53. The summed E-state index contributed by atoms with van der Waals surface area (Å²) < 4.78 is 0. The summed E-state index contributed by atoms with van der Waals surface area (Å²) in [5.74, 6) is 0.834. The molecular formula is C13H28N2. The van der Waals surface area contributed by atoms with Gasteiger partial charge in [0.1, 0.15) is 0 Å². The van der Waals surface area contributed by atoms with Gasteiger partial charge in [-0.2, -0.15) is 0 Å². The van der Waals surface area contributed by atoms with Crippen LogP contribution in [0.1, 0.15) is 32.6 Å². The Labute approximate surface area is 95.7 Å². The molecule has 2 nitrogen and oxygen atoms in total. The van der Waals surface area contributed by atoms with E-state index >= 15 is 0 Å². The van der Waals surface area contributed by atoms with Gasteiger partial charge in [-0.3, -0.25) is 0 Å². The van der Waals surface area contributed by atoms with Crippen LogP contribution < -0.4 is 5.32 Å². The maximum atomic E-state index is 3.19. The van der Waals surface area contributed by atoms with Crippen molar-refractivity contribution in [2.45, 2.75) is 32.6 Å². The Hall–Kier alpha value is -0.340. The molecular weight excluding hydrogens is 184 g/mol. The topological polar surface area (TPSA) is 15.3 Å². The molecule has 0 saturated carbocycles. The van der Waals surface area contributed by atoms with E-state index in [9.17, 15) is 0 Å². The zero-order valence-corrected chi connectivity index (χ0v) is 10.9. The van der Waals surface area contributed by atoms with Crippen LogP contribution in [0.5, 0.6) is 0 Å². The van der Waals surface area contributed by atoms with Crippen molar-refractivity contribution in [3.63, 3.8) is 0 Å². The summed E-state index contributed by atoms with van der Waals surface area (Å²) in [5.41, 5.74) is 0. The van der Waals surface area contributed by atoms with Crippen LogP contribution in [-0.2, 0) is 0 Å². The first-order valence-corrected chi connectivity index (χ1v) is 6.11. The molecule has 0 fully saturated rings. The third-order valence-corrected chi connectivity index (χ3v) is 2.55. The SMILES string of the molecule is CNCCCCC(C)C/C=C/CN(C)C. The predicted octanol–water partition coefficient (Wildman–Crippen LogP) is 2.52. The third kappa shape index (κ3) is 11.6. The Bertz CT molecular complexity index is 153. The van der Waals surface area contributed by atoms with Crippen molar-refractivity contribution in [3.8, 4) is 0 Å². The summed E-state index contributed by atoms with van der Waals surface area (Å²) in [5, 5.41) is 3.19. The van der Waals surface area contributed by atoms with Gasteiger partial charge in [0.25, 0.3) is 0 Å². The summed E-state index contributed by atoms with van der Waals surface area (Å²) in [6, 6.07) is 0. The van der Waals surface area contributed by atoms with Crippen molar-refractivity contribution in [1.29, 1.82) is 0 Å². The lowest BCUT2D eigenvalue weighted by atomic mass is 10.0. The van der Waals surface area contributed by atoms with Crippen molar-refractivity contribution < 1.29 is 0 Å². The van der Waals surface area contributed by atoms with Gasteiger partial charge in [-0.15, -0.1) is 0 Å². The highest BCUT2D eigenvalue weighted by Crippen LogP contribution is 2.11. The second kappa shape index (κ2) is 10.2. The number of hydrogen-bond acceptors (Lipinski definition) is 2. The van der Waals surface area contributed by atoms with Crippen molar-refractivity contribution in [2.24, 2.45) is 5.92 Å². The van der Waals surface area contributed by atoms with E-state index in [2.05, 4.69) is 43.4 Å². The molecule has 0 bridgehead atoms. The van der Waals surface area contributed by atoms with E-state index < -0.39 is 0 Å². The second-order valence-electron chi connectivity index (χ2n) is 4.67. The lowest BCUT2D eigenvalue weighted by Gasteiger charge is -2.08. The standard InChI is InChI=1S/C13H28N2/c1-13(9-5-7-11-14-2)10-6-8-12-15(3)4/h6,8,13-14H,5,7,9-12H2,1-4H3/b8-6+. The number of allylic oxidation sites excluding steroid dienone is 1. The largest absolute Gasteiger partial charge is 0.320 e. The lowest BCUT2D eigenvalue weighted by Crippen LogP contribution is -2.10. The smallest absolute Gasteiger partial charge is 0.0157 e. The molecule has 0 aliphatic heterocycles. The number of unbranched alkanes of at least 4 members (excludes halogenated alkanes) is 1. The Kier molecular flexibility index (Phi) is 9.96. The summed E-state index contributed by atoms with van der Waals surface area (Å²) in [6.07, 6.45) is 9.83. The van der Waals surface area contributed by atoms with Gasteiger partial charge in [-0.05, 0) is 46.4 Å². The highest BCUT2D eigenvalue weighted by molar-refractivity contribution is 4.84. The second-order valence-corrected chi connectivity index (χ2v) is 4.67. The fourth-order valence-electron chi connectivity index (χ4n) is 1.53. The number of nitrogens with zero attached hydrogens (tertiary/aromatic N) is 1. The maximum Gasteiger partial charge on any atom is 0.0157 e. The van der Waals surface area contributed by atoms with E-state index in [0.717, 1.165) is 19.0 Å². The highest BCUT2D eigenvalue weighted by atomic mass is 15.0. The van der Waals surface area contributed by atoms with Gasteiger partial charge in [-0.25, -0.2) is 0 Å². The predicted molar refractivity (Wildman–Crippen MR) is 69.3 cm³/mol. The van der Waals surface area contributed by atoms with Gasteiger partial charge in [-0.1, -0.05) is 31.9 Å². The summed E-state index contributed by atoms with van der Waals surface area (Å²) >= 11 is 0. The minimum Gasteiger partial charge on any atom is -0.320 e. The highest BCUT2D eigenvalue weighted by Gasteiger charge is 1.98. The fraction of sp³-hybridized carbons (Fsp3) is 0.846. The van der Waals surface area contributed by atoms with Crippen LogP contribution in [0.25, 0.3) is 0 Å². The molecule has 0 aromatic rings. The van der Waals surface area contributed by atoms with Gasteiger partial charge in [0.2, 0.25) is 0 Å². The van der Waals surface area contributed by atoms with Crippen molar-refractivity contribution in [3.05, 3.63) is 12.2 Å². The van der Waals surface area contributed by atoms with Crippen molar-refractivity contribution in [2.75, 3.05) is 34.2 Å². The normalized spacial score (nSPS) is 13.9. The molecule has 0 heterocycles. The molecule has 0 rings (SSSR count). The number of hydrogen-bond donors (Lipinski definition) is 1. The van der Waals surface area contributed by atoms with Crippen LogP contribution in [0.15, 0.2) is 12.2 Å². The number of rotatable bonds is 9. The minimum absolute atomic E-state index is 0.834. The number of nitrogens with one attached hydrogen (secondary N) is 1. The van der Waals surface area contributed by atoms with Crippen LogP contribution in [-0.4, -0.2) is 39.1 Å². The van der Waals surface area contributed by atoms with Gasteiger partial charge in [0, 0.05) is 6.54 Å². The van der Waals surface area contributed by atoms with Crippen LogP contribution in [0.2, 0.25) is 0 Å². The van der Waals surface area contributed by atoms with Crippen LogP contribution in [0.4, 0.5) is 0 Å². The maximum absolute atomic E-state index is 3.19. The molecule has 2 heteroatoms. The Morgan fingerprint density at radius 2 is 1.93 bits per heavy atom. The monoisotopic (exact) mass is 212 g/mol. The van der Waals surface area contributed by atoms with Crippen LogP contribution in [0, 0.1) is 5.92 Å². The minimum atomic E-state index is 0.834. The Morgan fingerprint density at radius 3 is 2.53 bits per heavy atom. The zero-order valence-electron chi connectivity index (χ0n) is 10.9. The molecule has 0 aromatic carbocycles. The van der Waals surface area contributed by atoms with Crippen molar-refractivity contribution >= 4 is 0 Å². The molecule has 0 aliphatic carbocycles. The Balaban J connectivity index is 3.32. The molecule has 0 spiro atoms. The van der Waals surface area contributed by atoms with Gasteiger partial charge in [0.15, 0.2) is 0 Å². The first-order chi connectivity index (χ1) is 7.16. The van der Waals surface area contributed by atoms with Gasteiger partial charge in [0.05, 0.1) is 0 Å². The molecule has 0 saturated heterocycles. The first-order valence-electron chi connectivity index (χ1n) is 6.11. The lowest BCUT2D eigenvalue weighted by molar-refractivity contribution is 0.454. The molecule has 0 radical (unpaired) electrons. The van der Waals surface area contributed by atoms with Crippen LogP contribution in [0.3, 0.4) is 0 Å². The van der Waals surface area contributed by atoms with E-state index in [1.165, 1.54) is 25.7 Å². The molecule has 1 atom stereocenters. The van der Waals surface area contributed by atoms with E-state index in [1.807, 2.05) is 7.05 Å². The summed E-state index contributed by atoms with van der Waals surface area (Å²) in [6.45, 7) is 4.56. The van der Waals surface area contributed by atoms with E-state index in [-0.39, 0.29) is 0 Å². The van der Waals surface area contributed by atoms with Gasteiger partial charge >= 0.3 is 0 Å². The summed E-state index contributed by atoms with van der Waals surface area (Å²) in [7, 11) is 6.23. The Morgan fingerprint density at radius 1 is 1.20 bits per heavy atom. The number of likely N-dealkylation sites (N-methyl/N-ethyl adjacent to an activating group) is 1. The van der Waals surface area contributed by atoms with Crippen molar-refractivity contribution in [1.82, 2.24) is 10.2 Å². The van der Waals surface area contributed by atoms with E-state index in [4.69, 9.17) is 0 Å². The first kappa shape index (κ1) is 14.7. The summed E-state index contributed by atoms with van der Waals surface area (Å²) in [4.78, 5) is 2.19. The average Bonchev–Trinajstić information content (AvgIpc) is 2.19. The molecule has 1 unspecified atom stereocenters. The third-order valence-electron chi connectivity index (χ3n) is 2.55. The molecule has 0 amide bonds.